The zero-order valence-corrected chi connectivity index (χ0v) is 12.7. The van der Waals surface area contributed by atoms with E-state index in [1.165, 1.54) is 19.4 Å². The zero-order valence-electron chi connectivity index (χ0n) is 12.0. The molecule has 4 nitrogen and oxygen atoms in total. The van der Waals surface area contributed by atoms with Crippen molar-refractivity contribution in [2.75, 3.05) is 7.11 Å². The maximum absolute atomic E-state index is 12.0. The fourth-order valence-corrected chi connectivity index (χ4v) is 1.95. The molecule has 0 atom stereocenters. The first-order chi connectivity index (χ1) is 10.7. The van der Waals surface area contributed by atoms with Gasteiger partial charge in [-0.3, -0.25) is 4.79 Å². The quantitative estimate of drug-likeness (QED) is 0.674. The highest BCUT2D eigenvalue weighted by Crippen LogP contribution is 2.22. The number of amides is 1. The predicted molar refractivity (Wildman–Crippen MR) is 89.4 cm³/mol. The molecule has 0 aliphatic carbocycles. The molecule has 2 aromatic rings. The Hall–Kier alpha value is -2.59. The summed E-state index contributed by atoms with van der Waals surface area (Å²) >= 11 is 5.88. The van der Waals surface area contributed by atoms with Gasteiger partial charge in [-0.15, -0.1) is 0 Å². The molecule has 1 N–H and O–H groups in total. The van der Waals surface area contributed by atoms with Crippen molar-refractivity contribution >= 4 is 29.8 Å². The van der Waals surface area contributed by atoms with Crippen molar-refractivity contribution in [1.82, 2.24) is 5.43 Å². The van der Waals surface area contributed by atoms with Crippen molar-refractivity contribution < 1.29 is 9.53 Å². The molecule has 0 aliphatic rings. The number of carbonyl (C=O) groups excluding carboxylic acids is 1. The largest absolute Gasteiger partial charge is 0.496 e. The molecule has 0 aliphatic heterocycles. The van der Waals surface area contributed by atoms with Crippen molar-refractivity contribution in [3.05, 3.63) is 70.8 Å². The minimum Gasteiger partial charge on any atom is -0.496 e. The number of benzene rings is 2. The molecule has 0 spiro atoms. The first-order valence-electron chi connectivity index (χ1n) is 6.59. The number of halogens is 1. The zero-order chi connectivity index (χ0) is 15.8. The summed E-state index contributed by atoms with van der Waals surface area (Å²) in [5.74, 6) is 0.0561. The Morgan fingerprint density at radius 1 is 1.23 bits per heavy atom. The van der Waals surface area contributed by atoms with Crippen LogP contribution in [0.15, 0.2) is 59.7 Å². The SMILES string of the molecule is COc1ccc(Cl)cc1C(=O)N/N=C\C=C\c1ccccc1. The normalized spacial score (nSPS) is 11.0. The number of allylic oxidation sites excluding steroid dienone is 1. The summed E-state index contributed by atoms with van der Waals surface area (Å²) in [6.07, 6.45) is 5.13. The van der Waals surface area contributed by atoms with E-state index in [9.17, 15) is 4.79 Å². The summed E-state index contributed by atoms with van der Waals surface area (Å²) in [7, 11) is 1.49. The van der Waals surface area contributed by atoms with Gasteiger partial charge in [0, 0.05) is 11.2 Å². The molecule has 0 saturated carbocycles. The van der Waals surface area contributed by atoms with Crippen molar-refractivity contribution in [2.24, 2.45) is 5.10 Å². The lowest BCUT2D eigenvalue weighted by Gasteiger charge is -2.06. The lowest BCUT2D eigenvalue weighted by molar-refractivity contribution is 0.0952. The molecule has 5 heteroatoms. The van der Waals surface area contributed by atoms with Crippen LogP contribution in [0.3, 0.4) is 0 Å². The molecule has 112 valence electrons. The monoisotopic (exact) mass is 314 g/mol. The lowest BCUT2D eigenvalue weighted by Crippen LogP contribution is -2.18. The first kappa shape index (κ1) is 15.8. The number of nitrogens with one attached hydrogen (secondary N) is 1. The van der Waals surface area contributed by atoms with E-state index in [2.05, 4.69) is 10.5 Å². The Labute approximate surface area is 134 Å². The Kier molecular flexibility index (Phi) is 5.74. The van der Waals surface area contributed by atoms with E-state index in [0.717, 1.165) is 5.56 Å². The summed E-state index contributed by atoms with van der Waals surface area (Å²) in [6, 6.07) is 14.6. The number of hydrogen-bond acceptors (Lipinski definition) is 3. The average Bonchev–Trinajstić information content (AvgIpc) is 2.55. The Bertz CT molecular complexity index is 697. The van der Waals surface area contributed by atoms with Crippen LogP contribution in [0.2, 0.25) is 5.02 Å². The fourth-order valence-electron chi connectivity index (χ4n) is 1.78. The van der Waals surface area contributed by atoms with E-state index in [4.69, 9.17) is 16.3 Å². The van der Waals surface area contributed by atoms with Crippen molar-refractivity contribution in [2.45, 2.75) is 0 Å². The molecule has 2 aromatic carbocycles. The molecule has 0 unspecified atom stereocenters. The number of hydrogen-bond donors (Lipinski definition) is 1. The van der Waals surface area contributed by atoms with Gasteiger partial charge in [-0.25, -0.2) is 5.43 Å². The average molecular weight is 315 g/mol. The molecular formula is C17H15ClN2O2. The summed E-state index contributed by atoms with van der Waals surface area (Å²) in [5.41, 5.74) is 3.81. The van der Waals surface area contributed by atoms with Crippen molar-refractivity contribution in [1.29, 1.82) is 0 Å². The van der Waals surface area contributed by atoms with Gasteiger partial charge < -0.3 is 4.74 Å². The number of hydrazone groups is 1. The van der Waals surface area contributed by atoms with Gasteiger partial charge in [0.25, 0.3) is 5.91 Å². The van der Waals surface area contributed by atoms with E-state index in [1.807, 2.05) is 36.4 Å². The molecule has 0 bridgehead atoms. The van der Waals surface area contributed by atoms with E-state index < -0.39 is 0 Å². The van der Waals surface area contributed by atoms with Crippen LogP contribution in [0.4, 0.5) is 0 Å². The van der Waals surface area contributed by atoms with Gasteiger partial charge in [-0.1, -0.05) is 48.0 Å². The van der Waals surface area contributed by atoms with E-state index in [1.54, 1.807) is 18.2 Å². The number of methoxy groups -OCH3 is 1. The molecule has 0 heterocycles. The number of carbonyl (C=O) groups is 1. The second-order valence-corrected chi connectivity index (χ2v) is 4.77. The minimum absolute atomic E-state index is 0.333. The second-order valence-electron chi connectivity index (χ2n) is 4.33. The Morgan fingerprint density at radius 2 is 2.00 bits per heavy atom. The van der Waals surface area contributed by atoms with Gasteiger partial charge in [-0.2, -0.15) is 5.10 Å². The second kappa shape index (κ2) is 8.00. The Balaban J connectivity index is 1.97. The fraction of sp³-hybridized carbons (Fsp3) is 0.0588. The number of ether oxygens (including phenoxy) is 1. The third-order valence-electron chi connectivity index (χ3n) is 2.82. The molecule has 22 heavy (non-hydrogen) atoms. The summed E-state index contributed by atoms with van der Waals surface area (Å²) in [5, 5.41) is 4.32. The topological polar surface area (TPSA) is 50.7 Å². The molecular weight excluding hydrogens is 300 g/mol. The highest BCUT2D eigenvalue weighted by atomic mass is 35.5. The van der Waals surface area contributed by atoms with Crippen molar-refractivity contribution in [3.8, 4) is 5.75 Å². The summed E-state index contributed by atoms with van der Waals surface area (Å²) in [4.78, 5) is 12.0. The molecule has 0 aromatic heterocycles. The highest BCUT2D eigenvalue weighted by molar-refractivity contribution is 6.31. The molecule has 1 amide bonds. The van der Waals surface area contributed by atoms with E-state index in [0.29, 0.717) is 16.3 Å². The summed E-state index contributed by atoms with van der Waals surface area (Å²) < 4.78 is 5.12. The third kappa shape index (κ3) is 4.46. The van der Waals surface area contributed by atoms with Gasteiger partial charge in [0.05, 0.1) is 12.7 Å². The number of nitrogens with zero attached hydrogens (tertiary/aromatic N) is 1. The Morgan fingerprint density at radius 3 is 2.73 bits per heavy atom. The first-order valence-corrected chi connectivity index (χ1v) is 6.97. The van der Waals surface area contributed by atoms with Crippen LogP contribution in [0.25, 0.3) is 6.08 Å². The predicted octanol–water partition coefficient (Wildman–Crippen LogP) is 3.78. The highest BCUT2D eigenvalue weighted by Gasteiger charge is 2.11. The van der Waals surface area contributed by atoms with Crippen LogP contribution in [-0.4, -0.2) is 19.2 Å². The van der Waals surface area contributed by atoms with Crippen LogP contribution >= 0.6 is 11.6 Å². The maximum atomic E-state index is 12.0. The molecule has 0 radical (unpaired) electrons. The van der Waals surface area contributed by atoms with Gasteiger partial charge >= 0.3 is 0 Å². The van der Waals surface area contributed by atoms with Crippen LogP contribution < -0.4 is 10.2 Å². The molecule has 0 saturated heterocycles. The van der Waals surface area contributed by atoms with Gasteiger partial charge in [0.15, 0.2) is 0 Å². The third-order valence-corrected chi connectivity index (χ3v) is 3.06. The summed E-state index contributed by atoms with van der Waals surface area (Å²) in [6.45, 7) is 0. The van der Waals surface area contributed by atoms with Crippen LogP contribution in [0, 0.1) is 0 Å². The van der Waals surface area contributed by atoms with Crippen molar-refractivity contribution in [3.63, 3.8) is 0 Å². The lowest BCUT2D eigenvalue weighted by atomic mass is 10.2. The van der Waals surface area contributed by atoms with E-state index >= 15 is 0 Å². The van der Waals surface area contributed by atoms with Gasteiger partial charge in [-0.05, 0) is 29.8 Å². The van der Waals surface area contributed by atoms with E-state index in [-0.39, 0.29) is 5.91 Å². The minimum atomic E-state index is -0.385. The van der Waals surface area contributed by atoms with Gasteiger partial charge in [0.2, 0.25) is 0 Å². The standard InChI is InChI=1S/C17H15ClN2O2/c1-22-16-10-9-14(18)12-15(16)17(21)20-19-11-5-8-13-6-3-2-4-7-13/h2-12H,1H3,(H,20,21)/b8-5+,19-11-. The van der Waals surface area contributed by atoms with Crippen LogP contribution in [0.5, 0.6) is 5.75 Å². The van der Waals surface area contributed by atoms with Gasteiger partial charge in [0.1, 0.15) is 5.75 Å². The van der Waals surface area contributed by atoms with Crippen LogP contribution in [0.1, 0.15) is 15.9 Å². The smallest absolute Gasteiger partial charge is 0.275 e. The molecule has 2 rings (SSSR count). The molecule has 0 fully saturated rings. The maximum Gasteiger partial charge on any atom is 0.275 e. The van der Waals surface area contributed by atoms with Crippen LogP contribution in [-0.2, 0) is 0 Å². The number of rotatable bonds is 5.